The molecule has 0 heterocycles. The Balaban J connectivity index is 2.17. The zero-order valence-corrected chi connectivity index (χ0v) is 8.44. The summed E-state index contributed by atoms with van der Waals surface area (Å²) in [5, 5.41) is 12.1. The molecule has 0 radical (unpaired) electrons. The van der Waals surface area contributed by atoms with Crippen LogP contribution in [-0.4, -0.2) is 23.4 Å². The van der Waals surface area contributed by atoms with Gasteiger partial charge >= 0.3 is 5.97 Å². The maximum Gasteiger partial charge on any atom is 0.344 e. The van der Waals surface area contributed by atoms with Crippen molar-refractivity contribution >= 4 is 11.7 Å². The van der Waals surface area contributed by atoms with E-state index in [2.05, 4.69) is 9.99 Å². The fourth-order valence-electron chi connectivity index (χ4n) is 1.72. The molecule has 1 aliphatic rings. The highest BCUT2D eigenvalue weighted by Crippen LogP contribution is 2.24. The summed E-state index contributed by atoms with van der Waals surface area (Å²) >= 11 is 0. The molecule has 0 fully saturated rings. The zero-order valence-electron chi connectivity index (χ0n) is 8.44. The number of aliphatic carboxylic acids is 1. The normalized spacial score (nSPS) is 16.2. The largest absolute Gasteiger partial charge is 0.479 e. The lowest BCUT2D eigenvalue weighted by atomic mass is 10.1. The van der Waals surface area contributed by atoms with Gasteiger partial charge in [0.2, 0.25) is 6.61 Å². The SMILES string of the molecule is O=C(O)CO/N=C1/CCc2c(F)cccc21. The first-order valence-corrected chi connectivity index (χ1v) is 4.87. The molecule has 5 heteroatoms. The average Bonchev–Trinajstić information content (AvgIpc) is 2.63. The number of oxime groups is 1. The number of benzene rings is 1. The number of carbonyl (C=O) groups is 1. The molecule has 4 nitrogen and oxygen atoms in total. The Bertz CT molecular complexity index is 457. The van der Waals surface area contributed by atoms with Crippen molar-refractivity contribution in [3.63, 3.8) is 0 Å². The minimum absolute atomic E-state index is 0.249. The summed E-state index contributed by atoms with van der Waals surface area (Å²) in [7, 11) is 0. The summed E-state index contributed by atoms with van der Waals surface area (Å²) in [6.45, 7) is -0.478. The van der Waals surface area contributed by atoms with E-state index in [-0.39, 0.29) is 5.82 Å². The number of carboxylic acid groups (broad SMARTS) is 1. The van der Waals surface area contributed by atoms with Gasteiger partial charge in [-0.2, -0.15) is 0 Å². The van der Waals surface area contributed by atoms with Crippen LogP contribution in [0.1, 0.15) is 17.5 Å². The van der Waals surface area contributed by atoms with Crippen LogP contribution in [0.5, 0.6) is 0 Å². The van der Waals surface area contributed by atoms with Crippen molar-refractivity contribution in [3.8, 4) is 0 Å². The molecule has 0 aromatic heterocycles. The summed E-state index contributed by atoms with van der Waals surface area (Å²) in [5.41, 5.74) is 1.95. The molecule has 84 valence electrons. The summed E-state index contributed by atoms with van der Waals surface area (Å²) in [4.78, 5) is 14.9. The van der Waals surface area contributed by atoms with E-state index in [1.165, 1.54) is 6.07 Å². The number of fused-ring (bicyclic) bond motifs is 1. The Morgan fingerprint density at radius 2 is 2.31 bits per heavy atom. The second-order valence-corrected chi connectivity index (χ2v) is 3.47. The number of hydrogen-bond donors (Lipinski definition) is 1. The van der Waals surface area contributed by atoms with Gasteiger partial charge in [-0.25, -0.2) is 9.18 Å². The lowest BCUT2D eigenvalue weighted by Crippen LogP contribution is -2.05. The molecule has 16 heavy (non-hydrogen) atoms. The van der Waals surface area contributed by atoms with Gasteiger partial charge in [0, 0.05) is 5.56 Å². The van der Waals surface area contributed by atoms with E-state index in [0.29, 0.717) is 29.7 Å². The number of halogens is 1. The molecule has 0 amide bonds. The van der Waals surface area contributed by atoms with Crippen LogP contribution >= 0.6 is 0 Å². The molecule has 1 N–H and O–H groups in total. The molecule has 2 rings (SSSR count). The van der Waals surface area contributed by atoms with Gasteiger partial charge in [0.25, 0.3) is 0 Å². The molecule has 0 unspecified atom stereocenters. The molecule has 0 bridgehead atoms. The van der Waals surface area contributed by atoms with E-state index in [0.717, 1.165) is 0 Å². The van der Waals surface area contributed by atoms with E-state index in [9.17, 15) is 9.18 Å². The minimum atomic E-state index is -1.08. The van der Waals surface area contributed by atoms with Crippen LogP contribution in [-0.2, 0) is 16.1 Å². The van der Waals surface area contributed by atoms with Crippen molar-refractivity contribution in [1.29, 1.82) is 0 Å². The molecule has 1 aromatic rings. The average molecular weight is 223 g/mol. The topological polar surface area (TPSA) is 58.9 Å². The second-order valence-electron chi connectivity index (χ2n) is 3.47. The van der Waals surface area contributed by atoms with Crippen molar-refractivity contribution in [1.82, 2.24) is 0 Å². The van der Waals surface area contributed by atoms with E-state index in [1.54, 1.807) is 12.1 Å². The maximum atomic E-state index is 13.3. The molecule has 1 aliphatic carbocycles. The standard InChI is InChI=1S/C11H10FNO3/c12-9-3-1-2-8-7(9)4-5-10(8)13-16-6-11(14)15/h1-3H,4-6H2,(H,14,15)/b13-10-. The zero-order chi connectivity index (χ0) is 11.5. The fourth-order valence-corrected chi connectivity index (χ4v) is 1.72. The third kappa shape index (κ3) is 2.03. The van der Waals surface area contributed by atoms with Crippen LogP contribution in [0.15, 0.2) is 23.4 Å². The van der Waals surface area contributed by atoms with Crippen LogP contribution in [0.4, 0.5) is 4.39 Å². The molecule has 0 atom stereocenters. The van der Waals surface area contributed by atoms with Crippen molar-refractivity contribution in [2.24, 2.45) is 5.16 Å². The number of rotatable bonds is 3. The summed E-state index contributed by atoms with van der Waals surface area (Å²) in [5.74, 6) is -1.33. The fraction of sp³-hybridized carbons (Fsp3) is 0.273. The molecule has 1 aromatic carbocycles. The highest BCUT2D eigenvalue weighted by molar-refractivity contribution is 6.04. The van der Waals surface area contributed by atoms with Gasteiger partial charge in [-0.1, -0.05) is 17.3 Å². The van der Waals surface area contributed by atoms with Gasteiger partial charge in [-0.05, 0) is 24.5 Å². The molecule has 0 saturated heterocycles. The van der Waals surface area contributed by atoms with Gasteiger partial charge in [0.15, 0.2) is 0 Å². The quantitative estimate of drug-likeness (QED) is 0.791. The van der Waals surface area contributed by atoms with Gasteiger partial charge in [-0.3, -0.25) is 0 Å². The van der Waals surface area contributed by atoms with Crippen LogP contribution in [0, 0.1) is 5.82 Å². The van der Waals surface area contributed by atoms with Crippen molar-refractivity contribution in [2.75, 3.05) is 6.61 Å². The molecular formula is C11H10FNO3. The highest BCUT2D eigenvalue weighted by Gasteiger charge is 2.21. The van der Waals surface area contributed by atoms with Gasteiger partial charge in [-0.15, -0.1) is 0 Å². The predicted molar refractivity (Wildman–Crippen MR) is 54.8 cm³/mol. The Hall–Kier alpha value is -1.91. The Morgan fingerprint density at radius 3 is 3.06 bits per heavy atom. The van der Waals surface area contributed by atoms with Crippen molar-refractivity contribution < 1.29 is 19.1 Å². The third-order valence-corrected chi connectivity index (χ3v) is 2.40. The first kappa shape index (κ1) is 10.6. The molecular weight excluding hydrogens is 213 g/mol. The second kappa shape index (κ2) is 4.30. The van der Waals surface area contributed by atoms with Crippen LogP contribution in [0.25, 0.3) is 0 Å². The van der Waals surface area contributed by atoms with Gasteiger partial charge in [0.1, 0.15) is 5.82 Å². The van der Waals surface area contributed by atoms with Crippen LogP contribution in [0.2, 0.25) is 0 Å². The van der Waals surface area contributed by atoms with Gasteiger partial charge < -0.3 is 9.94 Å². The van der Waals surface area contributed by atoms with E-state index >= 15 is 0 Å². The summed E-state index contributed by atoms with van der Waals surface area (Å²) in [6.07, 6.45) is 1.16. The smallest absolute Gasteiger partial charge is 0.344 e. The molecule has 0 saturated carbocycles. The number of hydrogen-bond acceptors (Lipinski definition) is 3. The monoisotopic (exact) mass is 223 g/mol. The summed E-state index contributed by atoms with van der Waals surface area (Å²) < 4.78 is 13.3. The van der Waals surface area contributed by atoms with Crippen LogP contribution < -0.4 is 0 Å². The molecule has 0 spiro atoms. The van der Waals surface area contributed by atoms with Crippen molar-refractivity contribution in [3.05, 3.63) is 35.1 Å². The number of carboxylic acids is 1. The molecule has 0 aliphatic heterocycles. The Morgan fingerprint density at radius 1 is 1.50 bits per heavy atom. The van der Waals surface area contributed by atoms with Gasteiger partial charge in [0.05, 0.1) is 5.71 Å². The number of nitrogens with zero attached hydrogens (tertiary/aromatic N) is 1. The third-order valence-electron chi connectivity index (χ3n) is 2.40. The van der Waals surface area contributed by atoms with E-state index in [4.69, 9.17) is 5.11 Å². The minimum Gasteiger partial charge on any atom is -0.479 e. The van der Waals surface area contributed by atoms with Crippen LogP contribution in [0.3, 0.4) is 0 Å². The van der Waals surface area contributed by atoms with Crippen molar-refractivity contribution in [2.45, 2.75) is 12.8 Å². The first-order chi connectivity index (χ1) is 7.68. The van der Waals surface area contributed by atoms with E-state index in [1.807, 2.05) is 0 Å². The maximum absolute atomic E-state index is 13.3. The van der Waals surface area contributed by atoms with E-state index < -0.39 is 12.6 Å². The lowest BCUT2D eigenvalue weighted by Gasteiger charge is -2.00. The predicted octanol–water partition coefficient (Wildman–Crippen LogP) is 1.58. The Kier molecular flexibility index (Phi) is 2.85. The summed E-state index contributed by atoms with van der Waals surface area (Å²) in [6, 6.07) is 4.76. The highest BCUT2D eigenvalue weighted by atomic mass is 19.1. The lowest BCUT2D eigenvalue weighted by molar-refractivity contribution is -0.142. The first-order valence-electron chi connectivity index (χ1n) is 4.87. The Labute approximate surface area is 91.3 Å².